The van der Waals surface area contributed by atoms with E-state index in [-0.39, 0.29) is 5.56 Å². The zero-order chi connectivity index (χ0) is 13.4. The lowest BCUT2D eigenvalue weighted by Crippen LogP contribution is -2.20. The topological polar surface area (TPSA) is 62.2 Å². The lowest BCUT2D eigenvalue weighted by Gasteiger charge is -2.17. The Kier molecular flexibility index (Phi) is 3.17. The van der Waals surface area contributed by atoms with Gasteiger partial charge in [0, 0.05) is 12.2 Å². The van der Waals surface area contributed by atoms with Gasteiger partial charge in [0.2, 0.25) is 0 Å². The Bertz CT molecular complexity index is 481. The van der Waals surface area contributed by atoms with E-state index in [2.05, 4.69) is 10.3 Å². The SMILES string of the molecule is Cc1ccc(C(=O)O)c(NCC(C2CC2)C2CC2)n1. The Balaban J connectivity index is 1.71. The summed E-state index contributed by atoms with van der Waals surface area (Å²) >= 11 is 0. The van der Waals surface area contributed by atoms with Crippen molar-refractivity contribution in [2.24, 2.45) is 17.8 Å². The number of aromatic nitrogens is 1. The highest BCUT2D eigenvalue weighted by Crippen LogP contribution is 2.49. The van der Waals surface area contributed by atoms with E-state index in [9.17, 15) is 9.90 Å². The van der Waals surface area contributed by atoms with Crippen LogP contribution >= 0.6 is 0 Å². The number of hydrogen-bond donors (Lipinski definition) is 2. The first-order chi connectivity index (χ1) is 9.15. The molecule has 0 spiro atoms. The van der Waals surface area contributed by atoms with Crippen molar-refractivity contribution in [2.75, 3.05) is 11.9 Å². The van der Waals surface area contributed by atoms with Gasteiger partial charge >= 0.3 is 5.97 Å². The maximum absolute atomic E-state index is 11.2. The van der Waals surface area contributed by atoms with Gasteiger partial charge in [0.15, 0.2) is 0 Å². The quantitative estimate of drug-likeness (QED) is 0.825. The first-order valence-electron chi connectivity index (χ1n) is 7.10. The fraction of sp³-hybridized carbons (Fsp3) is 0.600. The predicted octanol–water partition coefficient (Wildman–Crippen LogP) is 2.94. The molecule has 0 bridgehead atoms. The van der Waals surface area contributed by atoms with Gasteiger partial charge in [0.1, 0.15) is 11.4 Å². The third-order valence-electron chi connectivity index (χ3n) is 4.23. The Morgan fingerprint density at radius 2 is 2.00 bits per heavy atom. The van der Waals surface area contributed by atoms with Crippen molar-refractivity contribution in [2.45, 2.75) is 32.6 Å². The lowest BCUT2D eigenvalue weighted by atomic mass is 9.98. The van der Waals surface area contributed by atoms with Crippen LogP contribution in [-0.4, -0.2) is 22.6 Å². The van der Waals surface area contributed by atoms with Crippen LogP contribution in [0.15, 0.2) is 12.1 Å². The minimum absolute atomic E-state index is 0.274. The Morgan fingerprint density at radius 3 is 2.53 bits per heavy atom. The van der Waals surface area contributed by atoms with Gasteiger partial charge in [-0.3, -0.25) is 0 Å². The minimum atomic E-state index is -0.913. The molecule has 2 fully saturated rings. The molecule has 2 saturated carbocycles. The molecule has 2 aliphatic carbocycles. The molecule has 4 nitrogen and oxygen atoms in total. The number of aromatic carboxylic acids is 1. The van der Waals surface area contributed by atoms with Crippen molar-refractivity contribution in [3.8, 4) is 0 Å². The number of nitrogens with one attached hydrogen (secondary N) is 1. The van der Waals surface area contributed by atoms with Crippen LogP contribution in [0.2, 0.25) is 0 Å². The number of pyridine rings is 1. The molecule has 1 aromatic rings. The maximum Gasteiger partial charge on any atom is 0.339 e. The molecule has 1 heterocycles. The average Bonchev–Trinajstić information content (AvgIpc) is 3.24. The number of carbonyl (C=O) groups is 1. The largest absolute Gasteiger partial charge is 0.478 e. The van der Waals surface area contributed by atoms with Gasteiger partial charge in [-0.05, 0) is 62.5 Å². The minimum Gasteiger partial charge on any atom is -0.478 e. The van der Waals surface area contributed by atoms with E-state index in [1.54, 1.807) is 12.1 Å². The number of hydrogen-bond acceptors (Lipinski definition) is 3. The highest BCUT2D eigenvalue weighted by molar-refractivity contribution is 5.93. The Labute approximate surface area is 113 Å². The molecule has 3 rings (SSSR count). The third-order valence-corrected chi connectivity index (χ3v) is 4.23. The van der Waals surface area contributed by atoms with E-state index in [0.717, 1.165) is 24.1 Å². The second kappa shape index (κ2) is 4.83. The molecule has 0 saturated heterocycles. The molecule has 0 aliphatic heterocycles. The summed E-state index contributed by atoms with van der Waals surface area (Å²) in [7, 11) is 0. The molecule has 0 atom stereocenters. The molecular formula is C15H20N2O2. The molecule has 19 heavy (non-hydrogen) atoms. The van der Waals surface area contributed by atoms with E-state index < -0.39 is 5.97 Å². The van der Waals surface area contributed by atoms with Gasteiger partial charge in [-0.15, -0.1) is 0 Å². The van der Waals surface area contributed by atoms with Crippen molar-refractivity contribution in [1.82, 2.24) is 4.98 Å². The van der Waals surface area contributed by atoms with E-state index in [0.29, 0.717) is 11.7 Å². The van der Waals surface area contributed by atoms with Gasteiger partial charge in [-0.1, -0.05) is 0 Å². The van der Waals surface area contributed by atoms with Crippen molar-refractivity contribution >= 4 is 11.8 Å². The average molecular weight is 260 g/mol. The summed E-state index contributed by atoms with van der Waals surface area (Å²) in [6.45, 7) is 2.75. The summed E-state index contributed by atoms with van der Waals surface area (Å²) < 4.78 is 0. The van der Waals surface area contributed by atoms with Gasteiger partial charge in [0.25, 0.3) is 0 Å². The summed E-state index contributed by atoms with van der Waals surface area (Å²) in [5.41, 5.74) is 1.12. The van der Waals surface area contributed by atoms with E-state index in [1.807, 2.05) is 6.92 Å². The first kappa shape index (κ1) is 12.5. The van der Waals surface area contributed by atoms with E-state index >= 15 is 0 Å². The standard InChI is InChI=1S/C15H20N2O2/c1-9-2-7-12(15(18)19)14(17-9)16-8-13(10-3-4-10)11-5-6-11/h2,7,10-11,13H,3-6,8H2,1H3,(H,16,17)(H,18,19). The third kappa shape index (κ3) is 2.88. The zero-order valence-electron chi connectivity index (χ0n) is 11.2. The van der Waals surface area contributed by atoms with E-state index in [4.69, 9.17) is 0 Å². The number of anilines is 1. The number of carboxylic acids is 1. The number of aryl methyl sites for hydroxylation is 1. The van der Waals surface area contributed by atoms with Crippen LogP contribution in [-0.2, 0) is 0 Å². The van der Waals surface area contributed by atoms with Gasteiger partial charge < -0.3 is 10.4 Å². The highest BCUT2D eigenvalue weighted by Gasteiger charge is 2.41. The van der Waals surface area contributed by atoms with Crippen molar-refractivity contribution in [3.63, 3.8) is 0 Å². The normalized spacial score (nSPS) is 18.6. The van der Waals surface area contributed by atoms with Crippen LogP contribution < -0.4 is 5.32 Å². The second-order valence-corrected chi connectivity index (χ2v) is 5.87. The van der Waals surface area contributed by atoms with Crippen LogP contribution in [0.25, 0.3) is 0 Å². The van der Waals surface area contributed by atoms with Crippen molar-refractivity contribution in [3.05, 3.63) is 23.4 Å². The molecule has 0 aromatic carbocycles. The van der Waals surface area contributed by atoms with Crippen LogP contribution in [0.1, 0.15) is 41.7 Å². The second-order valence-electron chi connectivity index (χ2n) is 5.87. The summed E-state index contributed by atoms with van der Waals surface area (Å²) in [6.07, 6.45) is 5.37. The van der Waals surface area contributed by atoms with Crippen LogP contribution in [0.4, 0.5) is 5.82 Å². The summed E-state index contributed by atoms with van der Waals surface area (Å²) in [5.74, 6) is 2.04. The monoisotopic (exact) mass is 260 g/mol. The van der Waals surface area contributed by atoms with Gasteiger partial charge in [-0.25, -0.2) is 9.78 Å². The molecule has 102 valence electrons. The van der Waals surface area contributed by atoms with Crippen LogP contribution in [0.5, 0.6) is 0 Å². The fourth-order valence-corrected chi connectivity index (χ4v) is 2.85. The predicted molar refractivity (Wildman–Crippen MR) is 73.4 cm³/mol. The molecule has 1 aromatic heterocycles. The summed E-state index contributed by atoms with van der Waals surface area (Å²) in [5, 5.41) is 12.5. The molecule has 2 N–H and O–H groups in total. The van der Waals surface area contributed by atoms with E-state index in [1.165, 1.54) is 25.7 Å². The lowest BCUT2D eigenvalue weighted by molar-refractivity contribution is 0.0697. The smallest absolute Gasteiger partial charge is 0.339 e. The number of nitrogens with zero attached hydrogens (tertiary/aromatic N) is 1. The summed E-state index contributed by atoms with van der Waals surface area (Å²) in [6, 6.07) is 3.38. The first-order valence-corrected chi connectivity index (χ1v) is 7.10. The van der Waals surface area contributed by atoms with Crippen LogP contribution in [0, 0.1) is 24.7 Å². The zero-order valence-corrected chi connectivity index (χ0v) is 11.2. The van der Waals surface area contributed by atoms with Crippen molar-refractivity contribution < 1.29 is 9.90 Å². The van der Waals surface area contributed by atoms with Crippen molar-refractivity contribution in [1.29, 1.82) is 0 Å². The molecule has 0 amide bonds. The van der Waals surface area contributed by atoms with Gasteiger partial charge in [0.05, 0.1) is 0 Å². The van der Waals surface area contributed by atoms with Crippen LogP contribution in [0.3, 0.4) is 0 Å². The Morgan fingerprint density at radius 1 is 1.37 bits per heavy atom. The molecule has 0 unspecified atom stereocenters. The highest BCUT2D eigenvalue weighted by atomic mass is 16.4. The fourth-order valence-electron chi connectivity index (χ4n) is 2.85. The molecule has 0 radical (unpaired) electrons. The van der Waals surface area contributed by atoms with Gasteiger partial charge in [-0.2, -0.15) is 0 Å². The number of rotatable bonds is 6. The molecule has 4 heteroatoms. The maximum atomic E-state index is 11.2. The molecular weight excluding hydrogens is 240 g/mol. The molecule has 2 aliphatic rings. The summed E-state index contributed by atoms with van der Waals surface area (Å²) in [4.78, 5) is 15.5. The Hall–Kier alpha value is -1.58. The number of carboxylic acid groups (broad SMARTS) is 1.